The molecule has 1 saturated carbocycles. The summed E-state index contributed by atoms with van der Waals surface area (Å²) in [4.78, 5) is 0.308. The quantitative estimate of drug-likeness (QED) is 0.885. The first-order valence-corrected chi connectivity index (χ1v) is 8.55. The van der Waals surface area contributed by atoms with Gasteiger partial charge in [0, 0.05) is 12.1 Å². The molecule has 3 rings (SSSR count). The predicted molar refractivity (Wildman–Crippen MR) is 75.1 cm³/mol. The lowest BCUT2D eigenvalue weighted by Gasteiger charge is -2.20. The maximum absolute atomic E-state index is 12.5. The summed E-state index contributed by atoms with van der Waals surface area (Å²) in [6.45, 7) is 0.959. The fraction of sp³-hybridized carbons (Fsp3) is 0.571. The van der Waals surface area contributed by atoms with Gasteiger partial charge in [-0.05, 0) is 37.9 Å². The van der Waals surface area contributed by atoms with Gasteiger partial charge in [-0.3, -0.25) is 0 Å². The Bertz CT molecular complexity index is 595. The second-order valence-electron chi connectivity index (χ2n) is 5.32. The number of hydrogen-bond acceptors (Lipinski definition) is 5. The summed E-state index contributed by atoms with van der Waals surface area (Å²) in [5, 5.41) is 3.12. The number of hydrogen-bond donors (Lipinski definition) is 1. The Labute approximate surface area is 119 Å². The summed E-state index contributed by atoms with van der Waals surface area (Å²) < 4.78 is 35.8. The molecule has 6 heteroatoms. The van der Waals surface area contributed by atoms with Gasteiger partial charge < -0.3 is 14.8 Å². The van der Waals surface area contributed by atoms with Crippen molar-refractivity contribution < 1.29 is 17.9 Å². The molecule has 110 valence electrons. The van der Waals surface area contributed by atoms with Crippen LogP contribution in [0.15, 0.2) is 23.1 Å². The molecule has 20 heavy (non-hydrogen) atoms. The van der Waals surface area contributed by atoms with Crippen molar-refractivity contribution >= 4 is 9.84 Å². The first-order chi connectivity index (χ1) is 9.60. The monoisotopic (exact) mass is 297 g/mol. The molecule has 0 saturated heterocycles. The maximum atomic E-state index is 12.5. The van der Waals surface area contributed by atoms with Crippen molar-refractivity contribution in [3.05, 3.63) is 18.2 Å². The molecule has 0 aromatic heterocycles. The van der Waals surface area contributed by atoms with E-state index in [0.29, 0.717) is 35.5 Å². The normalized spacial score (nSPS) is 19.6. The Morgan fingerprint density at radius 3 is 2.60 bits per heavy atom. The van der Waals surface area contributed by atoms with Crippen LogP contribution in [-0.4, -0.2) is 40.5 Å². The molecule has 0 amide bonds. The van der Waals surface area contributed by atoms with E-state index < -0.39 is 9.84 Å². The van der Waals surface area contributed by atoms with Crippen LogP contribution < -0.4 is 14.8 Å². The van der Waals surface area contributed by atoms with E-state index in [9.17, 15) is 8.42 Å². The summed E-state index contributed by atoms with van der Waals surface area (Å²) in [5.41, 5.74) is 0. The summed E-state index contributed by atoms with van der Waals surface area (Å²) in [5.74, 6) is 1.76. The molecule has 1 heterocycles. The van der Waals surface area contributed by atoms with Crippen molar-refractivity contribution in [3.63, 3.8) is 0 Å². The third kappa shape index (κ3) is 2.76. The van der Waals surface area contributed by atoms with E-state index in [1.54, 1.807) is 18.2 Å². The SMILES string of the molecule is CNC(CS(=O)(=O)c1ccc2c(c1)OCCO2)C1CC1. The fourth-order valence-corrected chi connectivity index (χ4v) is 4.17. The smallest absolute Gasteiger partial charge is 0.180 e. The molecule has 2 aliphatic rings. The summed E-state index contributed by atoms with van der Waals surface area (Å²) >= 11 is 0. The van der Waals surface area contributed by atoms with Gasteiger partial charge in [0.25, 0.3) is 0 Å². The van der Waals surface area contributed by atoms with Crippen LogP contribution in [-0.2, 0) is 9.84 Å². The lowest BCUT2D eigenvalue weighted by atomic mass is 10.2. The van der Waals surface area contributed by atoms with Crippen molar-refractivity contribution in [2.24, 2.45) is 5.92 Å². The van der Waals surface area contributed by atoms with Gasteiger partial charge in [0.15, 0.2) is 21.3 Å². The molecule has 1 aromatic carbocycles. The molecule has 0 bridgehead atoms. The summed E-state index contributed by atoms with van der Waals surface area (Å²) in [7, 11) is -1.49. The average Bonchev–Trinajstić information content (AvgIpc) is 3.29. The van der Waals surface area contributed by atoms with Crippen LogP contribution in [0.3, 0.4) is 0 Å². The Kier molecular flexibility index (Phi) is 3.60. The van der Waals surface area contributed by atoms with Gasteiger partial charge in [-0.25, -0.2) is 8.42 Å². The molecular formula is C14H19NO4S. The van der Waals surface area contributed by atoms with Crippen LogP contribution in [0.2, 0.25) is 0 Å². The van der Waals surface area contributed by atoms with Gasteiger partial charge in [-0.2, -0.15) is 0 Å². The zero-order chi connectivity index (χ0) is 14.2. The van der Waals surface area contributed by atoms with Crippen LogP contribution >= 0.6 is 0 Å². The minimum absolute atomic E-state index is 0.0354. The van der Waals surface area contributed by atoms with Crippen LogP contribution in [0.25, 0.3) is 0 Å². The average molecular weight is 297 g/mol. The molecule has 1 fully saturated rings. The second-order valence-corrected chi connectivity index (χ2v) is 7.35. The van der Waals surface area contributed by atoms with Gasteiger partial charge in [-0.1, -0.05) is 0 Å². The second kappa shape index (κ2) is 5.26. The zero-order valence-electron chi connectivity index (χ0n) is 11.5. The van der Waals surface area contributed by atoms with Gasteiger partial charge in [0.2, 0.25) is 0 Å². The molecule has 0 spiro atoms. The first-order valence-electron chi connectivity index (χ1n) is 6.90. The first kappa shape index (κ1) is 13.7. The van der Waals surface area contributed by atoms with Crippen LogP contribution in [0.5, 0.6) is 11.5 Å². The number of nitrogens with one attached hydrogen (secondary N) is 1. The number of benzene rings is 1. The highest BCUT2D eigenvalue weighted by atomic mass is 32.2. The molecule has 1 aromatic rings. The Hall–Kier alpha value is -1.27. The van der Waals surface area contributed by atoms with Crippen LogP contribution in [0.1, 0.15) is 12.8 Å². The third-order valence-corrected chi connectivity index (χ3v) is 5.60. The van der Waals surface area contributed by atoms with Gasteiger partial charge in [-0.15, -0.1) is 0 Å². The predicted octanol–water partition coefficient (Wildman–Crippen LogP) is 1.23. The van der Waals surface area contributed by atoms with E-state index in [1.165, 1.54) is 0 Å². The molecular weight excluding hydrogens is 278 g/mol. The molecule has 0 radical (unpaired) electrons. The molecule has 1 aliphatic heterocycles. The van der Waals surface area contributed by atoms with E-state index in [4.69, 9.17) is 9.47 Å². The van der Waals surface area contributed by atoms with Crippen LogP contribution in [0, 0.1) is 5.92 Å². The molecule has 5 nitrogen and oxygen atoms in total. The summed E-state index contributed by atoms with van der Waals surface area (Å²) in [6.07, 6.45) is 2.23. The number of sulfone groups is 1. The Balaban J connectivity index is 1.83. The lowest BCUT2D eigenvalue weighted by molar-refractivity contribution is 0.171. The lowest BCUT2D eigenvalue weighted by Crippen LogP contribution is -2.35. The highest BCUT2D eigenvalue weighted by Crippen LogP contribution is 2.35. The topological polar surface area (TPSA) is 64.6 Å². The van der Waals surface area contributed by atoms with Gasteiger partial charge in [0.1, 0.15) is 13.2 Å². The fourth-order valence-electron chi connectivity index (χ4n) is 2.50. The van der Waals surface area contributed by atoms with Crippen molar-refractivity contribution in [1.29, 1.82) is 0 Å². The van der Waals surface area contributed by atoms with Gasteiger partial charge in [0.05, 0.1) is 10.6 Å². The van der Waals surface area contributed by atoms with E-state index in [1.807, 2.05) is 7.05 Å². The molecule has 1 N–H and O–H groups in total. The largest absolute Gasteiger partial charge is 0.486 e. The molecule has 1 unspecified atom stereocenters. The molecule has 1 aliphatic carbocycles. The van der Waals surface area contributed by atoms with E-state index in [-0.39, 0.29) is 11.8 Å². The standard InChI is InChI=1S/C14H19NO4S/c1-15-12(10-2-3-10)9-20(16,17)11-4-5-13-14(8-11)19-7-6-18-13/h4-5,8,10,12,15H,2-3,6-7,9H2,1H3. The minimum atomic E-state index is -3.31. The zero-order valence-corrected chi connectivity index (χ0v) is 12.3. The third-order valence-electron chi connectivity index (χ3n) is 3.83. The highest BCUT2D eigenvalue weighted by Gasteiger charge is 2.34. The highest BCUT2D eigenvalue weighted by molar-refractivity contribution is 7.91. The Morgan fingerprint density at radius 1 is 1.25 bits per heavy atom. The number of ether oxygens (including phenoxy) is 2. The molecule has 1 atom stereocenters. The van der Waals surface area contributed by atoms with Crippen molar-refractivity contribution in [2.45, 2.75) is 23.8 Å². The van der Waals surface area contributed by atoms with Gasteiger partial charge >= 0.3 is 0 Å². The van der Waals surface area contributed by atoms with Crippen LogP contribution in [0.4, 0.5) is 0 Å². The van der Waals surface area contributed by atoms with E-state index in [2.05, 4.69) is 5.32 Å². The van der Waals surface area contributed by atoms with E-state index in [0.717, 1.165) is 12.8 Å². The number of fused-ring (bicyclic) bond motifs is 1. The Morgan fingerprint density at radius 2 is 1.95 bits per heavy atom. The van der Waals surface area contributed by atoms with E-state index >= 15 is 0 Å². The minimum Gasteiger partial charge on any atom is -0.486 e. The van der Waals surface area contributed by atoms with Crippen molar-refractivity contribution in [1.82, 2.24) is 5.32 Å². The summed E-state index contributed by atoms with van der Waals surface area (Å²) in [6, 6.07) is 4.88. The maximum Gasteiger partial charge on any atom is 0.180 e. The van der Waals surface area contributed by atoms with Crippen molar-refractivity contribution in [3.8, 4) is 11.5 Å². The van der Waals surface area contributed by atoms with Crippen molar-refractivity contribution in [2.75, 3.05) is 26.0 Å². The number of rotatable bonds is 5.